The number of carbonyl (C=O) groups is 1. The number of aromatic amines is 1. The maximum atomic E-state index is 13.2. The van der Waals surface area contributed by atoms with E-state index in [4.69, 9.17) is 0 Å². The summed E-state index contributed by atoms with van der Waals surface area (Å²) in [5.41, 5.74) is 2.67. The van der Waals surface area contributed by atoms with Crippen molar-refractivity contribution in [2.75, 3.05) is 19.6 Å². The highest BCUT2D eigenvalue weighted by Gasteiger charge is 2.54. The third-order valence-corrected chi connectivity index (χ3v) is 7.03. The first-order valence-corrected chi connectivity index (χ1v) is 10.6. The van der Waals surface area contributed by atoms with Crippen LogP contribution in [-0.2, 0) is 11.2 Å². The lowest BCUT2D eigenvalue weighted by molar-refractivity contribution is -0.136. The van der Waals surface area contributed by atoms with Crippen LogP contribution in [0.5, 0.6) is 0 Å². The molecule has 148 valence electrons. The van der Waals surface area contributed by atoms with Gasteiger partial charge in [0.25, 0.3) is 0 Å². The normalized spacial score (nSPS) is 31.2. The van der Waals surface area contributed by atoms with Gasteiger partial charge in [-0.05, 0) is 51.3 Å². The lowest BCUT2D eigenvalue weighted by Crippen LogP contribution is -2.60. The minimum Gasteiger partial charge on any atom is -0.337 e. The van der Waals surface area contributed by atoms with Crippen molar-refractivity contribution >= 4 is 5.91 Å². The molecule has 6 nitrogen and oxygen atoms in total. The van der Waals surface area contributed by atoms with Crippen molar-refractivity contribution in [1.82, 2.24) is 25.0 Å². The van der Waals surface area contributed by atoms with Gasteiger partial charge in [0.05, 0.1) is 6.04 Å². The van der Waals surface area contributed by atoms with Gasteiger partial charge in [0.1, 0.15) is 5.82 Å². The van der Waals surface area contributed by atoms with Crippen molar-refractivity contribution in [3.8, 4) is 0 Å². The van der Waals surface area contributed by atoms with Gasteiger partial charge in [-0.25, -0.2) is 4.98 Å². The van der Waals surface area contributed by atoms with E-state index in [2.05, 4.69) is 56.2 Å². The molecule has 4 aliphatic heterocycles. The second-order valence-corrected chi connectivity index (χ2v) is 8.75. The fourth-order valence-electron chi connectivity index (χ4n) is 5.67. The second-order valence-electron chi connectivity index (χ2n) is 8.75. The standard InChI is InChI=1S/C22H29N5O/c1-14-3-5-16(6-4-14)18-13-27(20(28)8-7-19-23-15(2)24-25-19)21-17-9-11-26(12-10-17)22(18)21/h3-6,17-18,21-22H,7-13H2,1-2H3,(H,23,24,25)/t18-,21-,22-/m0/s1. The lowest BCUT2D eigenvalue weighted by Gasteiger charge is -2.51. The number of piperidine rings is 3. The molecule has 1 N–H and O–H groups in total. The summed E-state index contributed by atoms with van der Waals surface area (Å²) in [5, 5.41) is 7.06. The predicted octanol–water partition coefficient (Wildman–Crippen LogP) is 2.44. The van der Waals surface area contributed by atoms with E-state index in [1.54, 1.807) is 0 Å². The number of carbonyl (C=O) groups excluding carboxylic acids is 1. The van der Waals surface area contributed by atoms with Gasteiger partial charge in [-0.15, -0.1) is 0 Å². The van der Waals surface area contributed by atoms with Gasteiger partial charge in [-0.3, -0.25) is 14.8 Å². The summed E-state index contributed by atoms with van der Waals surface area (Å²) in [6.07, 6.45) is 3.56. The summed E-state index contributed by atoms with van der Waals surface area (Å²) in [5.74, 6) is 2.88. The molecular weight excluding hydrogens is 350 g/mol. The molecular formula is C22H29N5O. The number of likely N-dealkylation sites (tertiary alicyclic amines) is 1. The Kier molecular flexibility index (Phi) is 4.46. The van der Waals surface area contributed by atoms with Gasteiger partial charge in [-0.1, -0.05) is 29.8 Å². The molecule has 28 heavy (non-hydrogen) atoms. The maximum Gasteiger partial charge on any atom is 0.223 e. The quantitative estimate of drug-likeness (QED) is 0.886. The number of nitrogens with one attached hydrogen (secondary N) is 1. The van der Waals surface area contributed by atoms with Crippen molar-refractivity contribution in [2.45, 2.75) is 57.5 Å². The fourth-order valence-corrected chi connectivity index (χ4v) is 5.67. The van der Waals surface area contributed by atoms with Crippen LogP contribution >= 0.6 is 0 Å². The van der Waals surface area contributed by atoms with Crippen LogP contribution in [0, 0.1) is 19.8 Å². The molecule has 4 aliphatic rings. The molecule has 2 bridgehead atoms. The average molecular weight is 380 g/mol. The number of aromatic nitrogens is 3. The zero-order valence-corrected chi connectivity index (χ0v) is 16.8. The molecule has 2 aromatic rings. The number of benzene rings is 1. The van der Waals surface area contributed by atoms with E-state index in [1.165, 1.54) is 37.1 Å². The van der Waals surface area contributed by atoms with E-state index in [9.17, 15) is 4.79 Å². The molecule has 1 aromatic heterocycles. The van der Waals surface area contributed by atoms with Crippen LogP contribution in [0.25, 0.3) is 0 Å². The summed E-state index contributed by atoms with van der Waals surface area (Å²) >= 11 is 0. The highest BCUT2D eigenvalue weighted by Crippen LogP contribution is 2.46. The Morgan fingerprint density at radius 1 is 1.14 bits per heavy atom. The van der Waals surface area contributed by atoms with Crippen LogP contribution in [0.1, 0.15) is 48.0 Å². The van der Waals surface area contributed by atoms with Crippen molar-refractivity contribution in [1.29, 1.82) is 0 Å². The van der Waals surface area contributed by atoms with Crippen molar-refractivity contribution < 1.29 is 4.79 Å². The first-order chi connectivity index (χ1) is 13.6. The Morgan fingerprint density at radius 3 is 2.57 bits per heavy atom. The molecule has 0 saturated carbocycles. The Hall–Kier alpha value is -2.21. The molecule has 0 unspecified atom stereocenters. The van der Waals surface area contributed by atoms with Crippen LogP contribution in [0.4, 0.5) is 0 Å². The molecule has 6 heteroatoms. The molecule has 0 aliphatic carbocycles. The molecule has 1 amide bonds. The van der Waals surface area contributed by atoms with Crippen molar-refractivity contribution in [3.63, 3.8) is 0 Å². The third kappa shape index (κ3) is 3.04. The maximum absolute atomic E-state index is 13.2. The number of hydrogen-bond acceptors (Lipinski definition) is 4. The number of fused-ring (bicyclic) bond motifs is 2. The molecule has 6 rings (SSSR count). The zero-order chi connectivity index (χ0) is 19.3. The number of H-pyrrole nitrogens is 1. The van der Waals surface area contributed by atoms with E-state index < -0.39 is 0 Å². The minimum atomic E-state index is 0.265. The summed E-state index contributed by atoms with van der Waals surface area (Å²) in [7, 11) is 0. The van der Waals surface area contributed by atoms with E-state index in [1.807, 2.05) is 6.92 Å². The van der Waals surface area contributed by atoms with Gasteiger partial charge >= 0.3 is 0 Å². The molecule has 3 atom stereocenters. The minimum absolute atomic E-state index is 0.265. The summed E-state index contributed by atoms with van der Waals surface area (Å²) in [6.45, 7) is 7.24. The number of amides is 1. The lowest BCUT2D eigenvalue weighted by atomic mass is 9.75. The van der Waals surface area contributed by atoms with E-state index in [0.717, 1.165) is 18.2 Å². The van der Waals surface area contributed by atoms with E-state index in [-0.39, 0.29) is 5.91 Å². The largest absolute Gasteiger partial charge is 0.337 e. The van der Waals surface area contributed by atoms with Crippen LogP contribution in [0.2, 0.25) is 0 Å². The molecule has 1 aromatic carbocycles. The second kappa shape index (κ2) is 6.99. The summed E-state index contributed by atoms with van der Waals surface area (Å²) in [4.78, 5) is 22.5. The average Bonchev–Trinajstić information content (AvgIpc) is 3.33. The Bertz CT molecular complexity index is 852. The van der Waals surface area contributed by atoms with Gasteiger partial charge in [0.15, 0.2) is 5.82 Å². The Morgan fingerprint density at radius 2 is 1.89 bits per heavy atom. The summed E-state index contributed by atoms with van der Waals surface area (Å²) < 4.78 is 0. The number of nitrogens with zero attached hydrogens (tertiary/aromatic N) is 4. The number of hydrogen-bond donors (Lipinski definition) is 1. The van der Waals surface area contributed by atoms with E-state index >= 15 is 0 Å². The van der Waals surface area contributed by atoms with Crippen molar-refractivity contribution in [2.24, 2.45) is 5.92 Å². The molecule has 0 radical (unpaired) electrons. The third-order valence-electron chi connectivity index (χ3n) is 7.03. The number of aryl methyl sites for hydroxylation is 3. The van der Waals surface area contributed by atoms with Gasteiger partial charge < -0.3 is 4.90 Å². The molecule has 0 spiro atoms. The first-order valence-electron chi connectivity index (χ1n) is 10.6. The van der Waals surface area contributed by atoms with Crippen LogP contribution in [0.3, 0.4) is 0 Å². The predicted molar refractivity (Wildman–Crippen MR) is 107 cm³/mol. The highest BCUT2D eigenvalue weighted by molar-refractivity contribution is 5.77. The Labute approximate surface area is 166 Å². The van der Waals surface area contributed by atoms with Gasteiger partial charge in [0.2, 0.25) is 5.91 Å². The first kappa shape index (κ1) is 17.9. The monoisotopic (exact) mass is 379 g/mol. The molecule has 4 fully saturated rings. The van der Waals surface area contributed by atoms with Crippen LogP contribution in [0.15, 0.2) is 24.3 Å². The zero-order valence-electron chi connectivity index (χ0n) is 16.8. The van der Waals surface area contributed by atoms with Crippen molar-refractivity contribution in [3.05, 3.63) is 47.0 Å². The SMILES string of the molecule is Cc1ccc([C@@H]2CN(C(=O)CCc3n[nH]c(C)n3)[C@H]3C4CCN(CC4)[C@@H]23)cc1. The van der Waals surface area contributed by atoms with Crippen LogP contribution in [-0.4, -0.2) is 62.6 Å². The smallest absolute Gasteiger partial charge is 0.223 e. The van der Waals surface area contributed by atoms with E-state index in [0.29, 0.717) is 36.8 Å². The summed E-state index contributed by atoms with van der Waals surface area (Å²) in [6, 6.07) is 9.80. The Balaban J connectivity index is 1.38. The van der Waals surface area contributed by atoms with Crippen LogP contribution < -0.4 is 0 Å². The number of rotatable bonds is 4. The van der Waals surface area contributed by atoms with Gasteiger partial charge in [0, 0.05) is 31.3 Å². The molecule has 4 saturated heterocycles. The highest BCUT2D eigenvalue weighted by atomic mass is 16.2. The topological polar surface area (TPSA) is 65.1 Å². The van der Waals surface area contributed by atoms with Gasteiger partial charge in [-0.2, -0.15) is 5.10 Å². The fraction of sp³-hybridized carbons (Fsp3) is 0.591. The molecule has 5 heterocycles.